The second kappa shape index (κ2) is 8.93. The Balaban J connectivity index is -0.00000128. The van der Waals surface area contributed by atoms with Gasteiger partial charge < -0.3 is 41.9 Å². The Morgan fingerprint density at radius 1 is 1.00 bits per heavy atom. The van der Waals surface area contributed by atoms with Gasteiger partial charge in [-0.25, -0.2) is 4.57 Å². The van der Waals surface area contributed by atoms with E-state index in [1.165, 1.54) is 0 Å². The predicted octanol–water partition coefficient (Wildman–Crippen LogP) is -7.03. The van der Waals surface area contributed by atoms with Gasteiger partial charge in [0, 0.05) is 0 Å². The van der Waals surface area contributed by atoms with Gasteiger partial charge in [-0.15, -0.1) is 0 Å². The summed E-state index contributed by atoms with van der Waals surface area (Å²) in [5.74, 6) is 0. The van der Waals surface area contributed by atoms with Gasteiger partial charge in [0.15, 0.2) is 6.29 Å². The molecule has 0 aliphatic rings. The minimum absolute atomic E-state index is 0. The molecule has 5 atom stereocenters. The van der Waals surface area contributed by atoms with Crippen LogP contribution >= 0.6 is 7.82 Å². The summed E-state index contributed by atoms with van der Waals surface area (Å²) in [4.78, 5) is 16.6. The topological polar surface area (TPSA) is 188 Å². The van der Waals surface area contributed by atoms with E-state index in [1.54, 1.807) is 0 Å². The SMILES string of the molecule is O=P(O)(O)OC(O)[C@@H](O)[C@@H](O)[C@H](O)[C@H](O)CO.[H-].[Na+]. The Morgan fingerprint density at radius 3 is 1.78 bits per heavy atom. The van der Waals surface area contributed by atoms with Gasteiger partial charge in [-0.3, -0.25) is 4.52 Å². The van der Waals surface area contributed by atoms with Crippen molar-refractivity contribution < 1.29 is 80.5 Å². The van der Waals surface area contributed by atoms with Crippen LogP contribution in [0.2, 0.25) is 0 Å². The number of aliphatic hydroxyl groups excluding tert-OH is 6. The van der Waals surface area contributed by atoms with Crippen LogP contribution < -0.4 is 29.6 Å². The number of phosphoric ester groups is 1. The first-order valence-electron chi connectivity index (χ1n) is 4.35. The Kier molecular flexibility index (Phi) is 10.5. The van der Waals surface area contributed by atoms with Gasteiger partial charge in [0.25, 0.3) is 0 Å². The zero-order valence-corrected chi connectivity index (χ0v) is 12.3. The second-order valence-corrected chi connectivity index (χ2v) is 4.40. The van der Waals surface area contributed by atoms with Crippen LogP contribution in [-0.2, 0) is 9.09 Å². The Hall–Kier alpha value is 0.870. The smallest absolute Gasteiger partial charge is 1.00 e. The molecule has 0 bridgehead atoms. The monoisotopic (exact) mass is 302 g/mol. The zero-order valence-electron chi connectivity index (χ0n) is 10.4. The van der Waals surface area contributed by atoms with E-state index in [0.29, 0.717) is 0 Å². The summed E-state index contributed by atoms with van der Waals surface area (Å²) in [6.45, 7) is -0.930. The average Bonchev–Trinajstić information content (AvgIpc) is 2.22. The van der Waals surface area contributed by atoms with E-state index in [-0.39, 0.29) is 31.0 Å². The zero-order chi connectivity index (χ0) is 13.8. The molecule has 106 valence electrons. The Morgan fingerprint density at radius 2 is 1.44 bits per heavy atom. The summed E-state index contributed by atoms with van der Waals surface area (Å²) < 4.78 is 13.9. The molecule has 0 saturated carbocycles. The maximum atomic E-state index is 10.3. The fourth-order valence-corrected chi connectivity index (χ4v) is 1.32. The van der Waals surface area contributed by atoms with Crippen LogP contribution in [0.3, 0.4) is 0 Å². The first kappa shape index (κ1) is 21.2. The van der Waals surface area contributed by atoms with Gasteiger partial charge in [-0.1, -0.05) is 0 Å². The number of phosphoric acid groups is 1. The van der Waals surface area contributed by atoms with Crippen molar-refractivity contribution in [1.82, 2.24) is 0 Å². The standard InChI is InChI=1S/C6H15O10P.Na.H/c7-1-2(8)3(9)4(10)5(11)6(12)16-17(13,14)15;;/h2-12H,1H2,(H2,13,14,15);;/q;+1;-1/t2-,3-,4+,5+,6?;;/m1../s1. The molecule has 0 spiro atoms. The summed E-state index contributed by atoms with van der Waals surface area (Å²) in [5, 5.41) is 53.8. The van der Waals surface area contributed by atoms with Crippen LogP contribution in [0, 0.1) is 0 Å². The molecule has 0 fully saturated rings. The average molecular weight is 302 g/mol. The Labute approximate surface area is 125 Å². The molecule has 0 aromatic rings. The molecule has 8 N–H and O–H groups in total. The molecule has 0 radical (unpaired) electrons. The Bertz CT molecular complexity index is 277. The first-order chi connectivity index (χ1) is 7.60. The van der Waals surface area contributed by atoms with Crippen molar-refractivity contribution in [3.8, 4) is 0 Å². The molecule has 0 aromatic carbocycles. The van der Waals surface area contributed by atoms with Crippen LogP contribution in [-0.4, -0.2) is 77.7 Å². The summed E-state index contributed by atoms with van der Waals surface area (Å²) in [7, 11) is -5.09. The van der Waals surface area contributed by atoms with Crippen molar-refractivity contribution in [2.45, 2.75) is 30.7 Å². The molecule has 10 nitrogen and oxygen atoms in total. The molecule has 12 heteroatoms. The molecule has 0 aromatic heterocycles. The van der Waals surface area contributed by atoms with Crippen LogP contribution in [0.15, 0.2) is 0 Å². The summed E-state index contributed by atoms with van der Waals surface area (Å²) in [5.41, 5.74) is 0. The van der Waals surface area contributed by atoms with Gasteiger partial charge in [0.2, 0.25) is 0 Å². The molecule has 0 aliphatic heterocycles. The van der Waals surface area contributed by atoms with Gasteiger partial charge in [0.1, 0.15) is 24.4 Å². The quantitative estimate of drug-likeness (QED) is 0.127. The first-order valence-corrected chi connectivity index (χ1v) is 5.88. The molecule has 0 heterocycles. The van der Waals surface area contributed by atoms with E-state index in [0.717, 1.165) is 0 Å². The van der Waals surface area contributed by atoms with Gasteiger partial charge in [0.05, 0.1) is 6.61 Å². The summed E-state index contributed by atoms with van der Waals surface area (Å²) in [6.07, 6.45) is -10.8. The van der Waals surface area contributed by atoms with Crippen molar-refractivity contribution >= 4 is 7.82 Å². The minimum Gasteiger partial charge on any atom is -1.00 e. The van der Waals surface area contributed by atoms with Crippen molar-refractivity contribution in [3.05, 3.63) is 0 Å². The van der Waals surface area contributed by atoms with E-state index >= 15 is 0 Å². The number of aliphatic hydroxyl groups is 6. The third kappa shape index (κ3) is 7.46. The van der Waals surface area contributed by atoms with Crippen LogP contribution in [0.5, 0.6) is 0 Å². The number of rotatable bonds is 7. The van der Waals surface area contributed by atoms with Crippen LogP contribution in [0.1, 0.15) is 1.43 Å². The van der Waals surface area contributed by atoms with Gasteiger partial charge in [-0.2, -0.15) is 0 Å². The third-order valence-corrected chi connectivity index (χ3v) is 2.31. The maximum absolute atomic E-state index is 10.3. The van der Waals surface area contributed by atoms with E-state index < -0.39 is 45.1 Å². The second-order valence-electron chi connectivity index (χ2n) is 3.21. The van der Waals surface area contributed by atoms with E-state index in [2.05, 4.69) is 4.52 Å². The molecule has 0 saturated heterocycles. The fourth-order valence-electron chi connectivity index (χ4n) is 0.909. The van der Waals surface area contributed by atoms with Crippen molar-refractivity contribution in [3.63, 3.8) is 0 Å². The summed E-state index contributed by atoms with van der Waals surface area (Å²) >= 11 is 0. The maximum Gasteiger partial charge on any atom is 1.00 e. The molecular formula is C6H16NaO10P. The fraction of sp³-hybridized carbons (Fsp3) is 1.00. The van der Waals surface area contributed by atoms with E-state index in [1.807, 2.05) is 0 Å². The summed E-state index contributed by atoms with van der Waals surface area (Å²) in [6, 6.07) is 0. The number of hydrogen-bond donors (Lipinski definition) is 8. The molecule has 0 amide bonds. The number of hydrogen-bond acceptors (Lipinski definition) is 8. The molecular weight excluding hydrogens is 286 g/mol. The largest absolute Gasteiger partial charge is 1.00 e. The van der Waals surface area contributed by atoms with E-state index in [4.69, 9.17) is 35.3 Å². The third-order valence-electron chi connectivity index (χ3n) is 1.82. The van der Waals surface area contributed by atoms with Gasteiger partial charge in [-0.05, 0) is 0 Å². The minimum atomic E-state index is -5.09. The van der Waals surface area contributed by atoms with Crippen LogP contribution in [0.4, 0.5) is 0 Å². The van der Waals surface area contributed by atoms with Gasteiger partial charge >= 0.3 is 37.4 Å². The predicted molar refractivity (Wildman–Crippen MR) is 51.4 cm³/mol. The molecule has 0 rings (SSSR count). The normalized spacial score (nSPS) is 20.4. The van der Waals surface area contributed by atoms with E-state index in [9.17, 15) is 9.67 Å². The molecule has 18 heavy (non-hydrogen) atoms. The van der Waals surface area contributed by atoms with Crippen molar-refractivity contribution in [2.24, 2.45) is 0 Å². The molecule has 0 aliphatic carbocycles. The van der Waals surface area contributed by atoms with Crippen LogP contribution in [0.25, 0.3) is 0 Å². The van der Waals surface area contributed by atoms with Crippen molar-refractivity contribution in [2.75, 3.05) is 6.61 Å². The van der Waals surface area contributed by atoms with Crippen molar-refractivity contribution in [1.29, 1.82) is 0 Å². The molecule has 1 unspecified atom stereocenters.